The SMILES string of the molecule is O=C([CH][C@@H](c1ccc(Cl)cc1)c1cccc(OC(F)(F)F)c1)Nc1cncc(F)c1CC[C@@H]1CNCC2(CCOCC2)O1. The van der Waals surface area contributed by atoms with Crippen LogP contribution < -0.4 is 15.4 Å². The van der Waals surface area contributed by atoms with Gasteiger partial charge < -0.3 is 24.8 Å². The van der Waals surface area contributed by atoms with Gasteiger partial charge in [-0.3, -0.25) is 9.78 Å². The van der Waals surface area contributed by atoms with Crippen molar-refractivity contribution in [3.63, 3.8) is 0 Å². The smallest absolute Gasteiger partial charge is 0.406 e. The van der Waals surface area contributed by atoms with Crippen LogP contribution in [0.2, 0.25) is 5.02 Å². The van der Waals surface area contributed by atoms with Crippen molar-refractivity contribution >= 4 is 23.2 Å². The third-order valence-electron chi connectivity index (χ3n) is 7.62. The van der Waals surface area contributed by atoms with Gasteiger partial charge >= 0.3 is 6.36 Å². The first-order valence-corrected chi connectivity index (χ1v) is 14.3. The van der Waals surface area contributed by atoms with Gasteiger partial charge in [0.25, 0.3) is 0 Å². The lowest BCUT2D eigenvalue weighted by atomic mass is 9.88. The van der Waals surface area contributed by atoms with Crippen LogP contribution >= 0.6 is 11.6 Å². The van der Waals surface area contributed by atoms with E-state index < -0.39 is 29.8 Å². The molecule has 1 radical (unpaired) electrons. The maximum atomic E-state index is 15.0. The second kappa shape index (κ2) is 13.6. The molecule has 7 nitrogen and oxygen atoms in total. The van der Waals surface area contributed by atoms with Gasteiger partial charge in [0.15, 0.2) is 0 Å². The summed E-state index contributed by atoms with van der Waals surface area (Å²) in [6.07, 6.45) is 1.15. The highest BCUT2D eigenvalue weighted by atomic mass is 35.5. The number of nitrogens with one attached hydrogen (secondary N) is 2. The van der Waals surface area contributed by atoms with Gasteiger partial charge in [-0.1, -0.05) is 35.9 Å². The number of nitrogens with zero attached hydrogens (tertiary/aromatic N) is 1. The van der Waals surface area contributed by atoms with E-state index in [0.717, 1.165) is 25.6 Å². The quantitative estimate of drug-likeness (QED) is 0.277. The van der Waals surface area contributed by atoms with Crippen LogP contribution in [0, 0.1) is 12.2 Å². The molecule has 0 aliphatic carbocycles. The highest BCUT2D eigenvalue weighted by Crippen LogP contribution is 2.34. The van der Waals surface area contributed by atoms with Gasteiger partial charge in [-0.2, -0.15) is 0 Å². The molecular formula is C31H31ClF4N3O4. The Labute approximate surface area is 251 Å². The summed E-state index contributed by atoms with van der Waals surface area (Å²) in [4.78, 5) is 17.2. The predicted molar refractivity (Wildman–Crippen MR) is 152 cm³/mol. The zero-order chi connectivity index (χ0) is 30.5. The van der Waals surface area contributed by atoms with E-state index in [4.69, 9.17) is 21.1 Å². The highest BCUT2D eigenvalue weighted by Gasteiger charge is 2.38. The maximum Gasteiger partial charge on any atom is 0.573 e. The summed E-state index contributed by atoms with van der Waals surface area (Å²) >= 11 is 6.04. The zero-order valence-corrected chi connectivity index (χ0v) is 23.9. The first-order valence-electron chi connectivity index (χ1n) is 13.9. The molecule has 229 valence electrons. The number of morpholine rings is 1. The van der Waals surface area contributed by atoms with Crippen molar-refractivity contribution in [1.82, 2.24) is 10.3 Å². The van der Waals surface area contributed by atoms with Gasteiger partial charge in [-0.15, -0.1) is 13.2 Å². The lowest BCUT2D eigenvalue weighted by Crippen LogP contribution is -2.56. The van der Waals surface area contributed by atoms with Crippen molar-refractivity contribution in [2.45, 2.75) is 49.7 Å². The number of ether oxygens (including phenoxy) is 3. The monoisotopic (exact) mass is 620 g/mol. The Balaban J connectivity index is 1.31. The molecule has 5 rings (SSSR count). The number of amides is 1. The summed E-state index contributed by atoms with van der Waals surface area (Å²) in [6, 6.07) is 12.0. The second-order valence-electron chi connectivity index (χ2n) is 10.7. The van der Waals surface area contributed by atoms with E-state index in [1.165, 1.54) is 30.8 Å². The molecule has 2 N–H and O–H groups in total. The van der Waals surface area contributed by atoms with Crippen LogP contribution in [0.5, 0.6) is 5.75 Å². The first kappa shape index (κ1) is 31.2. The van der Waals surface area contributed by atoms with Crippen molar-refractivity contribution in [3.05, 3.63) is 94.9 Å². The van der Waals surface area contributed by atoms with Gasteiger partial charge in [0.2, 0.25) is 5.91 Å². The number of hydrogen-bond acceptors (Lipinski definition) is 6. The number of benzene rings is 2. The van der Waals surface area contributed by atoms with E-state index in [0.29, 0.717) is 48.7 Å². The average Bonchev–Trinajstić information content (AvgIpc) is 2.96. The summed E-state index contributed by atoms with van der Waals surface area (Å²) in [5.74, 6) is -2.34. The molecule has 3 aromatic rings. The number of pyridine rings is 1. The third-order valence-corrected chi connectivity index (χ3v) is 7.87. The van der Waals surface area contributed by atoms with Crippen molar-refractivity contribution in [1.29, 1.82) is 0 Å². The van der Waals surface area contributed by atoms with Crippen LogP contribution in [-0.4, -0.2) is 55.3 Å². The van der Waals surface area contributed by atoms with Crippen LogP contribution in [0.3, 0.4) is 0 Å². The Hall–Kier alpha value is -3.25. The molecule has 0 saturated carbocycles. The molecule has 2 aliphatic heterocycles. The average molecular weight is 621 g/mol. The Morgan fingerprint density at radius 3 is 2.67 bits per heavy atom. The molecule has 2 saturated heterocycles. The lowest BCUT2D eigenvalue weighted by Gasteiger charge is -2.44. The number of carbonyl (C=O) groups is 1. The van der Waals surface area contributed by atoms with Crippen LogP contribution in [0.15, 0.2) is 60.9 Å². The zero-order valence-electron chi connectivity index (χ0n) is 23.1. The van der Waals surface area contributed by atoms with E-state index >= 15 is 0 Å². The molecule has 43 heavy (non-hydrogen) atoms. The van der Waals surface area contributed by atoms with E-state index in [1.807, 2.05) is 0 Å². The van der Waals surface area contributed by atoms with Gasteiger partial charge in [0, 0.05) is 55.6 Å². The predicted octanol–water partition coefficient (Wildman–Crippen LogP) is 6.22. The Bertz CT molecular complexity index is 1400. The highest BCUT2D eigenvalue weighted by molar-refractivity contribution is 6.30. The first-order chi connectivity index (χ1) is 20.6. The largest absolute Gasteiger partial charge is 0.573 e. The Morgan fingerprint density at radius 2 is 1.93 bits per heavy atom. The summed E-state index contributed by atoms with van der Waals surface area (Å²) in [5.41, 5.74) is 1.18. The maximum absolute atomic E-state index is 15.0. The minimum absolute atomic E-state index is 0.144. The Morgan fingerprint density at radius 1 is 1.16 bits per heavy atom. The molecule has 0 unspecified atom stereocenters. The topological polar surface area (TPSA) is 81.7 Å². The summed E-state index contributed by atoms with van der Waals surface area (Å²) in [5, 5.41) is 6.60. The molecule has 1 amide bonds. The number of hydrogen-bond donors (Lipinski definition) is 2. The summed E-state index contributed by atoms with van der Waals surface area (Å²) < 4.78 is 69.6. The second-order valence-corrected chi connectivity index (χ2v) is 11.1. The van der Waals surface area contributed by atoms with Crippen LogP contribution in [0.25, 0.3) is 0 Å². The molecule has 3 heterocycles. The number of rotatable bonds is 9. The number of carbonyl (C=O) groups excluding carboxylic acids is 1. The summed E-state index contributed by atoms with van der Waals surface area (Å²) in [7, 11) is 0. The van der Waals surface area contributed by atoms with E-state index in [2.05, 4.69) is 20.4 Å². The fourth-order valence-corrected chi connectivity index (χ4v) is 5.64. The third kappa shape index (κ3) is 8.44. The number of alkyl halides is 3. The standard InChI is InChI=1S/C31H31ClF4N3O4/c32-22-6-4-20(5-7-22)26(21-2-1-3-23(14-21)43-31(34,35)36)15-29(40)39-28-18-37-17-27(33)25(28)9-8-24-16-38-19-30(42-24)10-12-41-13-11-30/h1-7,14-15,17-18,24,26,38H,8-13,16,19H2,(H,39,40)/t24-,26+/m1/s1. The van der Waals surface area contributed by atoms with E-state index in [9.17, 15) is 22.4 Å². The molecule has 1 spiro atoms. The minimum Gasteiger partial charge on any atom is -0.406 e. The summed E-state index contributed by atoms with van der Waals surface area (Å²) in [6.45, 7) is 2.64. The normalized spacial score (nSPS) is 19.1. The number of anilines is 1. The van der Waals surface area contributed by atoms with Gasteiger partial charge in [-0.25, -0.2) is 4.39 Å². The van der Waals surface area contributed by atoms with Crippen molar-refractivity contribution in [3.8, 4) is 5.75 Å². The van der Waals surface area contributed by atoms with Crippen LogP contribution in [-0.2, 0) is 20.7 Å². The fourth-order valence-electron chi connectivity index (χ4n) is 5.51. The number of aromatic nitrogens is 1. The molecule has 0 bridgehead atoms. The molecule has 2 aromatic carbocycles. The van der Waals surface area contributed by atoms with Gasteiger partial charge in [0.05, 0.1) is 36.2 Å². The Kier molecular flexibility index (Phi) is 9.85. The van der Waals surface area contributed by atoms with Gasteiger partial charge in [-0.05, 0) is 48.2 Å². The van der Waals surface area contributed by atoms with Crippen molar-refractivity contribution in [2.75, 3.05) is 31.6 Å². The molecule has 2 atom stereocenters. The molecule has 12 heteroatoms. The minimum atomic E-state index is -4.87. The van der Waals surface area contributed by atoms with Gasteiger partial charge in [0.1, 0.15) is 11.6 Å². The van der Waals surface area contributed by atoms with Crippen LogP contribution in [0.4, 0.5) is 23.2 Å². The molecule has 1 aromatic heterocycles. The van der Waals surface area contributed by atoms with Crippen molar-refractivity contribution < 1.29 is 36.6 Å². The number of halogens is 5. The van der Waals surface area contributed by atoms with E-state index in [-0.39, 0.29) is 23.0 Å². The fraction of sp³-hybridized carbons (Fsp3) is 0.387. The molecule has 2 fully saturated rings. The molecule has 2 aliphatic rings. The lowest BCUT2D eigenvalue weighted by molar-refractivity contribution is -0.274. The van der Waals surface area contributed by atoms with E-state index in [1.54, 1.807) is 30.3 Å². The molecular weight excluding hydrogens is 590 g/mol. The van der Waals surface area contributed by atoms with Crippen molar-refractivity contribution in [2.24, 2.45) is 0 Å². The van der Waals surface area contributed by atoms with Crippen LogP contribution in [0.1, 0.15) is 41.9 Å².